The van der Waals surface area contributed by atoms with Gasteiger partial charge in [0.1, 0.15) is 6.34 Å². The SMILES string of the molecule is ClC(Cl)(Cl)C1=NC2(C(Cl)(Cl)Cl)OCON2C=N1. The molecule has 0 spiro atoms. The highest BCUT2D eigenvalue weighted by Gasteiger charge is 2.61. The minimum absolute atomic E-state index is 0.170. The Morgan fingerprint density at radius 1 is 1.24 bits per heavy atom. The summed E-state index contributed by atoms with van der Waals surface area (Å²) in [6.07, 6.45) is 1.17. The molecule has 1 saturated heterocycles. The fourth-order valence-electron chi connectivity index (χ4n) is 1.20. The highest BCUT2D eigenvalue weighted by atomic mass is 35.6. The average Bonchev–Trinajstić information content (AvgIpc) is 2.58. The lowest BCUT2D eigenvalue weighted by atomic mass is 10.4. The van der Waals surface area contributed by atoms with Gasteiger partial charge in [-0.1, -0.05) is 69.6 Å². The summed E-state index contributed by atoms with van der Waals surface area (Å²) in [5.74, 6) is -1.92. The minimum Gasteiger partial charge on any atom is -0.302 e. The Bertz CT molecular complexity index is 388. The van der Waals surface area contributed by atoms with Crippen LogP contribution in [0.4, 0.5) is 0 Å². The average molecular weight is 362 g/mol. The van der Waals surface area contributed by atoms with Gasteiger partial charge in [-0.3, -0.25) is 0 Å². The summed E-state index contributed by atoms with van der Waals surface area (Å²) in [7, 11) is 0. The van der Waals surface area contributed by atoms with Crippen molar-refractivity contribution in [2.24, 2.45) is 9.98 Å². The van der Waals surface area contributed by atoms with Gasteiger partial charge < -0.3 is 4.74 Å². The van der Waals surface area contributed by atoms with Crippen LogP contribution in [-0.2, 0) is 9.57 Å². The summed E-state index contributed by atoms with van der Waals surface area (Å²) in [4.78, 5) is 12.7. The zero-order chi connectivity index (χ0) is 12.9. The lowest BCUT2D eigenvalue weighted by molar-refractivity contribution is -0.103. The molecule has 0 N–H and O–H groups in total. The number of hydroxylamine groups is 2. The van der Waals surface area contributed by atoms with Gasteiger partial charge in [0.25, 0.3) is 3.79 Å². The van der Waals surface area contributed by atoms with Gasteiger partial charge in [0.15, 0.2) is 12.6 Å². The van der Waals surface area contributed by atoms with E-state index in [1.165, 1.54) is 6.34 Å². The van der Waals surface area contributed by atoms with Crippen molar-refractivity contribution in [3.05, 3.63) is 0 Å². The second kappa shape index (κ2) is 4.42. The first-order valence-electron chi connectivity index (χ1n) is 4.01. The molecule has 0 saturated carbocycles. The minimum atomic E-state index is -1.96. The molecule has 96 valence electrons. The third-order valence-corrected chi connectivity index (χ3v) is 3.16. The molecular weight excluding hydrogens is 359 g/mol. The smallest absolute Gasteiger partial charge is 0.302 e. The number of rotatable bonds is 0. The second-order valence-corrected chi connectivity index (χ2v) is 7.56. The highest BCUT2D eigenvalue weighted by Crippen LogP contribution is 2.48. The molecule has 0 radical (unpaired) electrons. The molecular formula is C6H3Cl6N3O2. The Morgan fingerprint density at radius 2 is 1.88 bits per heavy atom. The number of aliphatic imine (C=N–C) groups is 2. The molecule has 0 aromatic carbocycles. The van der Waals surface area contributed by atoms with E-state index in [4.69, 9.17) is 79.2 Å². The molecule has 0 aromatic heterocycles. The van der Waals surface area contributed by atoms with Crippen LogP contribution in [0.25, 0.3) is 0 Å². The summed E-state index contributed by atoms with van der Waals surface area (Å²) in [6, 6.07) is 0. The first kappa shape index (κ1) is 14.2. The van der Waals surface area contributed by atoms with E-state index in [2.05, 4.69) is 9.98 Å². The van der Waals surface area contributed by atoms with Crippen molar-refractivity contribution in [3.63, 3.8) is 0 Å². The zero-order valence-electron chi connectivity index (χ0n) is 7.71. The number of halogens is 6. The number of fused-ring (bicyclic) bond motifs is 1. The largest absolute Gasteiger partial charge is 0.315 e. The molecule has 1 unspecified atom stereocenters. The van der Waals surface area contributed by atoms with E-state index >= 15 is 0 Å². The summed E-state index contributed by atoms with van der Waals surface area (Å²) >= 11 is 34.4. The first-order chi connectivity index (χ1) is 7.67. The Morgan fingerprint density at radius 3 is 2.41 bits per heavy atom. The molecule has 11 heteroatoms. The standard InChI is InChI=1S/C6H3Cl6N3O2/c7-4(8,9)3-13-1-15-6(14-3,5(10,11)12)16-2-17-15/h1H,2H2. The van der Waals surface area contributed by atoms with Crippen LogP contribution >= 0.6 is 69.6 Å². The molecule has 0 aromatic rings. The van der Waals surface area contributed by atoms with E-state index in [0.29, 0.717) is 0 Å². The van der Waals surface area contributed by atoms with Crippen LogP contribution in [-0.4, -0.2) is 37.5 Å². The summed E-state index contributed by atoms with van der Waals surface area (Å²) in [5.41, 5.74) is 0. The van der Waals surface area contributed by atoms with E-state index in [1.54, 1.807) is 0 Å². The van der Waals surface area contributed by atoms with Gasteiger partial charge in [-0.25, -0.2) is 14.8 Å². The molecule has 2 aliphatic heterocycles. The Hall–Kier alpha value is 0.800. The van der Waals surface area contributed by atoms with Gasteiger partial charge in [-0.05, 0) is 0 Å². The van der Waals surface area contributed by atoms with Crippen molar-refractivity contribution in [1.29, 1.82) is 0 Å². The predicted molar refractivity (Wildman–Crippen MR) is 68.1 cm³/mol. The van der Waals surface area contributed by atoms with E-state index in [-0.39, 0.29) is 12.6 Å². The molecule has 1 atom stereocenters. The molecule has 5 nitrogen and oxygen atoms in total. The van der Waals surface area contributed by atoms with E-state index in [1.807, 2.05) is 0 Å². The summed E-state index contributed by atoms with van der Waals surface area (Å²) in [6.45, 7) is -0.170. The maximum Gasteiger partial charge on any atom is 0.315 e. The van der Waals surface area contributed by atoms with Gasteiger partial charge >= 0.3 is 5.85 Å². The molecule has 0 aliphatic carbocycles. The number of hydrogen-bond acceptors (Lipinski definition) is 5. The zero-order valence-corrected chi connectivity index (χ0v) is 12.2. The van der Waals surface area contributed by atoms with Gasteiger partial charge in [0, 0.05) is 0 Å². The lowest BCUT2D eigenvalue weighted by Gasteiger charge is -2.37. The fraction of sp³-hybridized carbons (Fsp3) is 0.667. The number of alkyl halides is 6. The van der Waals surface area contributed by atoms with Crippen LogP contribution < -0.4 is 0 Å². The van der Waals surface area contributed by atoms with Crippen LogP contribution in [0.15, 0.2) is 9.98 Å². The maximum absolute atomic E-state index is 5.81. The van der Waals surface area contributed by atoms with Gasteiger partial charge in [0.2, 0.25) is 3.79 Å². The maximum atomic E-state index is 5.81. The van der Waals surface area contributed by atoms with Crippen molar-refractivity contribution in [1.82, 2.24) is 5.06 Å². The number of hydrogen-bond donors (Lipinski definition) is 0. The Balaban J connectivity index is 2.47. The first-order valence-corrected chi connectivity index (χ1v) is 6.28. The van der Waals surface area contributed by atoms with Crippen molar-refractivity contribution in [2.45, 2.75) is 13.4 Å². The predicted octanol–water partition coefficient (Wildman–Crippen LogP) is 3.04. The molecule has 0 bridgehead atoms. The van der Waals surface area contributed by atoms with Crippen LogP contribution in [0.2, 0.25) is 0 Å². The third kappa shape index (κ3) is 2.44. The van der Waals surface area contributed by atoms with Gasteiger partial charge in [-0.15, -0.1) is 0 Å². The van der Waals surface area contributed by atoms with Gasteiger partial charge in [0.05, 0.1) is 0 Å². The fourth-order valence-corrected chi connectivity index (χ4v) is 2.01. The third-order valence-electron chi connectivity index (χ3n) is 1.92. The van der Waals surface area contributed by atoms with Crippen LogP contribution in [0.1, 0.15) is 0 Å². The van der Waals surface area contributed by atoms with Crippen LogP contribution in [0.3, 0.4) is 0 Å². The van der Waals surface area contributed by atoms with Crippen molar-refractivity contribution in [3.8, 4) is 0 Å². The molecule has 1 fully saturated rings. The topological polar surface area (TPSA) is 46.4 Å². The van der Waals surface area contributed by atoms with E-state index < -0.39 is 13.4 Å². The van der Waals surface area contributed by atoms with E-state index in [0.717, 1.165) is 5.06 Å². The Labute approximate surface area is 126 Å². The van der Waals surface area contributed by atoms with Crippen molar-refractivity contribution >= 4 is 81.8 Å². The number of amidine groups is 1. The Kier molecular flexibility index (Phi) is 3.70. The summed E-state index contributed by atoms with van der Waals surface area (Å²) < 4.78 is 1.36. The van der Waals surface area contributed by atoms with Crippen molar-refractivity contribution in [2.75, 3.05) is 6.79 Å². The monoisotopic (exact) mass is 359 g/mol. The lowest BCUT2D eigenvalue weighted by Crippen LogP contribution is -2.55. The molecule has 17 heavy (non-hydrogen) atoms. The van der Waals surface area contributed by atoms with Crippen LogP contribution in [0.5, 0.6) is 0 Å². The molecule has 2 heterocycles. The van der Waals surface area contributed by atoms with Crippen LogP contribution in [0, 0.1) is 0 Å². The summed E-state index contributed by atoms with van der Waals surface area (Å²) in [5, 5.41) is 1.04. The second-order valence-electron chi connectivity index (χ2n) is 3.00. The van der Waals surface area contributed by atoms with Crippen molar-refractivity contribution < 1.29 is 9.57 Å². The number of ether oxygens (including phenoxy) is 1. The molecule has 2 rings (SSSR count). The normalized spacial score (nSPS) is 29.3. The van der Waals surface area contributed by atoms with E-state index in [9.17, 15) is 0 Å². The highest BCUT2D eigenvalue weighted by molar-refractivity contribution is 6.77. The molecule has 2 aliphatic rings. The van der Waals surface area contributed by atoms with Gasteiger partial charge in [-0.2, -0.15) is 5.06 Å². The number of nitrogens with zero attached hydrogens (tertiary/aromatic N) is 3. The quantitative estimate of drug-likeness (QED) is 0.623. The molecule has 0 amide bonds.